The summed E-state index contributed by atoms with van der Waals surface area (Å²) in [5.74, 6) is 0.416. The number of carboxylic acids is 2. The van der Waals surface area contributed by atoms with Crippen LogP contribution in [0.3, 0.4) is 0 Å². The topological polar surface area (TPSA) is 413 Å². The van der Waals surface area contributed by atoms with Crippen LogP contribution in [0.2, 0.25) is 0 Å². The van der Waals surface area contributed by atoms with E-state index < -0.39 is 60.0 Å². The number of hydrogen-bond acceptors (Lipinski definition) is 25. The molecule has 28 aliphatic rings. The third-order valence-corrected chi connectivity index (χ3v) is 32.4. The van der Waals surface area contributed by atoms with Crippen molar-refractivity contribution in [3.05, 3.63) is 56.7 Å². The molecule has 0 amide bonds. The number of carbonyl (C=O) groups excluding carboxylic acids is 12. The molecule has 14 saturated carbocycles. The number of carboxylic acid groups (broad SMARTS) is 2. The Hall–Kier alpha value is -7.72. The van der Waals surface area contributed by atoms with Crippen LogP contribution >= 0.6 is 0 Å². The van der Waals surface area contributed by atoms with Crippen molar-refractivity contribution in [2.45, 2.75) is 119 Å². The van der Waals surface area contributed by atoms with Crippen molar-refractivity contribution >= 4 is 83.6 Å². The fourth-order valence-corrected chi connectivity index (χ4v) is 29.6. The zero-order valence-electron chi connectivity index (χ0n) is 54.2. The minimum atomic E-state index is -1.03. The number of aliphatic hydroxyl groups is 2. The third kappa shape index (κ3) is 7.36. The highest BCUT2D eigenvalue weighted by Crippen LogP contribution is 2.77. The van der Waals surface area contributed by atoms with E-state index in [4.69, 9.17) is 28.4 Å². The van der Waals surface area contributed by atoms with Crippen molar-refractivity contribution in [3.8, 4) is 0 Å². The number of ether oxygens (including phenoxy) is 9. The average molecular weight is 1400 g/mol. The van der Waals surface area contributed by atoms with E-state index >= 15 is 0 Å². The molecule has 102 heavy (non-hydrogen) atoms. The smallest absolute Gasteiger partial charge is 0.342 e. The minimum absolute atomic E-state index is 0.00681. The highest BCUT2D eigenvalue weighted by molar-refractivity contribution is 6.17. The highest BCUT2D eigenvalue weighted by Gasteiger charge is 2.79. The van der Waals surface area contributed by atoms with E-state index in [9.17, 15) is 87.5 Å². The lowest BCUT2D eigenvalue weighted by molar-refractivity contribution is -0.175. The van der Waals surface area contributed by atoms with Gasteiger partial charge >= 0.3 is 83.6 Å². The number of hydrogen-bond donors (Lipinski definition) is 4. The molecule has 0 aromatic heterocycles. The first-order chi connectivity index (χ1) is 49.0. The SMILES string of the molecule is O=C(O)C1=C(C(=O)O)C2C3CC(C4CC5OC5C43)C12.O=C1CC2C3C=CC(C3)C2C(=O)O1.O=C1CC2C3CC(C2C(=O)O1)C1C2=C(C(=O)OC2=O)C31.O=C1OC(=O)C2=C1C1C3CC(C21)C1C(O)C(O)CC31.O=C1OC(=O)C2=C1C1C3CC(C21)C1C3CC2OC21.O=C1OC(=O)C2C3CC(C4OC34)C12. The standard InChI is InChI=1S/C14H10O6.2C14H14O5.C14H12O4.C10H10O3.C9H8O4/c15-6-2-4-3-1-5(7(4)12(16)19-6)9-8(3)10-11(9)14(18)20-13(10)17;15-13(16)10-8-3-1-5(9(8)11(10)14(17)18)7-4(3)2-6-12(7)19-6;15-6-2-4-3-1-5(7(4)12(6)16)9-8(3)10-11(9)14(18)19-13(10)17;15-13-10-8-3-1-5(9(8)11(10)14(16)18-13)7-4(3)2-6-12(7)17-6;11-8-4-7-5-1-2-6(3-5)9(7)10(12)13-8;10-8-4-2-1-3(7-6(2)12-7)5(4)9(11)13-8/h3-5,7-9H,1-2H2;3-9,12H,1-2H2,(H,15,16)(H,17,18);3-9,12,15-16H,1-2H2;3-9,12H,1-2H2;1-2,5-7,9H,3-4H2;2-7H,1H2. The molecule has 40 unspecified atom stereocenters. The number of rotatable bonds is 2. The summed E-state index contributed by atoms with van der Waals surface area (Å²) in [6, 6.07) is 0. The molecule has 0 aromatic carbocycles. The Bertz CT molecular complexity index is 4380. The summed E-state index contributed by atoms with van der Waals surface area (Å²) >= 11 is 0. The van der Waals surface area contributed by atoms with E-state index in [2.05, 4.69) is 26.4 Å². The lowest BCUT2D eigenvalue weighted by Crippen LogP contribution is -2.49. The Morgan fingerprint density at radius 3 is 1.18 bits per heavy atom. The van der Waals surface area contributed by atoms with Crippen LogP contribution in [0.15, 0.2) is 56.7 Å². The first-order valence-corrected chi connectivity index (χ1v) is 37.0. The second kappa shape index (κ2) is 19.8. The van der Waals surface area contributed by atoms with E-state index in [0.717, 1.165) is 55.6 Å². The van der Waals surface area contributed by atoms with E-state index in [-0.39, 0.29) is 172 Å². The maximum absolute atomic E-state index is 11.9. The largest absolute Gasteiger partial charge is 0.478 e. The second-order valence-corrected chi connectivity index (χ2v) is 34.9. The van der Waals surface area contributed by atoms with Crippen LogP contribution in [0.1, 0.15) is 70.6 Å². The monoisotopic (exact) mass is 1400 g/mol. The van der Waals surface area contributed by atoms with E-state index in [1.165, 1.54) is 12.8 Å². The molecule has 27 heteroatoms. The van der Waals surface area contributed by atoms with Gasteiger partial charge in [-0.05, 0) is 164 Å². The van der Waals surface area contributed by atoms with Crippen LogP contribution in [0.25, 0.3) is 0 Å². The summed E-state index contributed by atoms with van der Waals surface area (Å²) in [5.41, 5.74) is 4.05. The van der Waals surface area contributed by atoms with Gasteiger partial charge in [-0.15, -0.1) is 0 Å². The van der Waals surface area contributed by atoms with Gasteiger partial charge in [0.2, 0.25) is 0 Å². The zero-order chi connectivity index (χ0) is 69.4. The van der Waals surface area contributed by atoms with Crippen LogP contribution in [0.4, 0.5) is 0 Å². The Labute approximate surface area is 577 Å². The molecule has 27 nitrogen and oxygen atoms in total. The molecule has 28 rings (SSSR count). The van der Waals surface area contributed by atoms with Crippen LogP contribution in [0, 0.1) is 189 Å². The third-order valence-electron chi connectivity index (χ3n) is 32.4. The predicted octanol–water partition coefficient (Wildman–Crippen LogP) is 1.62. The van der Waals surface area contributed by atoms with Crippen molar-refractivity contribution in [2.75, 3.05) is 0 Å². The van der Waals surface area contributed by atoms with Gasteiger partial charge in [0.1, 0.15) is 0 Å². The summed E-state index contributed by atoms with van der Waals surface area (Å²) in [6.45, 7) is 0. The molecule has 19 aliphatic carbocycles. The molecule has 0 radical (unpaired) electrons. The van der Waals surface area contributed by atoms with Crippen LogP contribution in [-0.4, -0.2) is 153 Å². The molecular weight excluding hydrogens is 1330 g/mol. The summed E-state index contributed by atoms with van der Waals surface area (Å²) in [6.07, 6.45) is 14.7. The molecule has 530 valence electrons. The van der Waals surface area contributed by atoms with Crippen LogP contribution in [-0.2, 0) is 110 Å². The maximum Gasteiger partial charge on any atom is 0.342 e. The first-order valence-electron chi connectivity index (χ1n) is 37.0. The first kappa shape index (κ1) is 60.7. The Morgan fingerprint density at radius 1 is 0.304 bits per heavy atom. The molecule has 9 heterocycles. The number of carbonyl (C=O) groups is 14. The Balaban J connectivity index is 0.0000000759. The number of fused-ring (bicyclic) bond motifs is 55. The highest BCUT2D eigenvalue weighted by atomic mass is 16.6. The molecule has 12 bridgehead atoms. The van der Waals surface area contributed by atoms with Gasteiger partial charge in [-0.3, -0.25) is 28.8 Å². The number of epoxide rings is 3. The van der Waals surface area contributed by atoms with E-state index in [0.29, 0.717) is 136 Å². The number of esters is 12. The predicted molar refractivity (Wildman–Crippen MR) is 320 cm³/mol. The van der Waals surface area contributed by atoms with Crippen LogP contribution in [0.5, 0.6) is 0 Å². The summed E-state index contributed by atoms with van der Waals surface area (Å²) in [7, 11) is 0. The molecule has 0 spiro atoms. The van der Waals surface area contributed by atoms with Crippen molar-refractivity contribution in [3.63, 3.8) is 0 Å². The van der Waals surface area contributed by atoms with Crippen molar-refractivity contribution in [2.24, 2.45) is 189 Å². The number of aliphatic carboxylic acids is 2. The molecule has 40 atom stereocenters. The van der Waals surface area contributed by atoms with E-state index in [1.54, 1.807) is 0 Å². The Kier molecular flexibility index (Phi) is 11.8. The normalized spacial score (nSPS) is 54.7. The summed E-state index contributed by atoms with van der Waals surface area (Å²) < 4.78 is 44.9. The van der Waals surface area contributed by atoms with Gasteiger partial charge in [0.25, 0.3) is 0 Å². The fraction of sp³-hybridized carbons (Fsp3) is 0.680. The summed E-state index contributed by atoms with van der Waals surface area (Å²) in [5, 5.41) is 38.5. The number of cyclic esters (lactones) is 12. The quantitative estimate of drug-likeness (QED) is 0.100. The lowest BCUT2D eigenvalue weighted by Gasteiger charge is -2.46. The summed E-state index contributed by atoms with van der Waals surface area (Å²) in [4.78, 5) is 161. The molecule has 9 aliphatic heterocycles. The van der Waals surface area contributed by atoms with Gasteiger partial charge in [0, 0.05) is 65.6 Å². The van der Waals surface area contributed by atoms with Crippen molar-refractivity contribution in [1.82, 2.24) is 0 Å². The molecular formula is C75H68O27. The van der Waals surface area contributed by atoms with Gasteiger partial charge in [-0.25, -0.2) is 38.4 Å². The van der Waals surface area contributed by atoms with E-state index in [1.807, 2.05) is 0 Å². The molecule has 6 saturated heterocycles. The zero-order valence-corrected chi connectivity index (χ0v) is 54.2. The molecule has 4 N–H and O–H groups in total. The number of aliphatic hydroxyl groups excluding tert-OH is 2. The van der Waals surface area contributed by atoms with Gasteiger partial charge in [-0.2, -0.15) is 0 Å². The molecule has 0 aromatic rings. The fourth-order valence-electron chi connectivity index (χ4n) is 29.6. The lowest BCUT2D eigenvalue weighted by atomic mass is 9.56. The maximum atomic E-state index is 11.9. The minimum Gasteiger partial charge on any atom is -0.478 e. The Morgan fingerprint density at radius 2 is 0.676 bits per heavy atom. The van der Waals surface area contributed by atoms with Gasteiger partial charge in [0.15, 0.2) is 0 Å². The second-order valence-electron chi connectivity index (χ2n) is 34.9. The van der Waals surface area contributed by atoms with Crippen molar-refractivity contribution < 1.29 is 130 Å². The van der Waals surface area contributed by atoms with Crippen molar-refractivity contribution in [1.29, 1.82) is 0 Å². The average Bonchev–Trinajstić information content (AvgIpc) is 1.51. The van der Waals surface area contributed by atoms with Gasteiger partial charge in [0.05, 0.1) is 124 Å². The molecule has 20 fully saturated rings. The van der Waals surface area contributed by atoms with Crippen LogP contribution < -0.4 is 0 Å². The van der Waals surface area contributed by atoms with Gasteiger partial charge < -0.3 is 63.1 Å². The van der Waals surface area contributed by atoms with Gasteiger partial charge in [-0.1, -0.05) is 12.2 Å². The number of allylic oxidation sites excluding steroid dienone is 2.